The molecule has 0 spiro atoms. The van der Waals surface area contributed by atoms with Crippen LogP contribution in [0.25, 0.3) is 6.08 Å². The van der Waals surface area contributed by atoms with E-state index >= 15 is 0 Å². The van der Waals surface area contributed by atoms with Crippen molar-refractivity contribution >= 4 is 46.3 Å². The number of hydrogen-bond acceptors (Lipinski definition) is 6. The molecule has 5 nitrogen and oxygen atoms in total. The third kappa shape index (κ3) is 4.46. The monoisotopic (exact) mass is 363 g/mol. The first-order valence-corrected chi connectivity index (χ1v) is 8.53. The number of thiocarbonyl (C=S) groups is 1. The van der Waals surface area contributed by atoms with Crippen LogP contribution in [-0.2, 0) is 14.3 Å². The van der Waals surface area contributed by atoms with Crippen LogP contribution in [0.4, 0.5) is 0 Å². The van der Waals surface area contributed by atoms with Gasteiger partial charge in [-0.2, -0.15) is 0 Å². The number of para-hydroxylation sites is 1. The van der Waals surface area contributed by atoms with Gasteiger partial charge in [0.15, 0.2) is 6.61 Å². The minimum atomic E-state index is -0.440. The van der Waals surface area contributed by atoms with Crippen LogP contribution in [0.15, 0.2) is 41.8 Å². The molecule has 1 aliphatic heterocycles. The van der Waals surface area contributed by atoms with Gasteiger partial charge < -0.3 is 9.47 Å². The molecule has 0 atom stereocenters. The summed E-state index contributed by atoms with van der Waals surface area (Å²) in [6.07, 6.45) is 3.34. The second-order valence-corrected chi connectivity index (χ2v) is 6.39. The second-order valence-electron chi connectivity index (χ2n) is 4.71. The van der Waals surface area contributed by atoms with E-state index in [1.807, 2.05) is 6.07 Å². The molecule has 1 fully saturated rings. The van der Waals surface area contributed by atoms with Gasteiger partial charge in [0.05, 0.1) is 11.5 Å². The Labute approximate surface area is 150 Å². The van der Waals surface area contributed by atoms with Crippen molar-refractivity contribution in [3.05, 3.63) is 47.4 Å². The molecule has 7 heteroatoms. The SMILES string of the molecule is C=CCN1C(=O)C(=Cc2ccccc2OCC(=O)OCC)SC1=S. The zero-order valence-corrected chi connectivity index (χ0v) is 14.8. The first kappa shape index (κ1) is 18.2. The zero-order valence-electron chi connectivity index (χ0n) is 13.2. The van der Waals surface area contributed by atoms with Crippen molar-refractivity contribution in [2.45, 2.75) is 6.92 Å². The van der Waals surface area contributed by atoms with Crippen LogP contribution < -0.4 is 4.74 Å². The van der Waals surface area contributed by atoms with E-state index < -0.39 is 5.97 Å². The average Bonchev–Trinajstić information content (AvgIpc) is 2.82. The third-order valence-electron chi connectivity index (χ3n) is 3.04. The van der Waals surface area contributed by atoms with Crippen LogP contribution >= 0.6 is 24.0 Å². The first-order chi connectivity index (χ1) is 11.6. The Morgan fingerprint density at radius 1 is 1.42 bits per heavy atom. The number of hydrogen-bond donors (Lipinski definition) is 0. The number of benzene rings is 1. The highest BCUT2D eigenvalue weighted by Crippen LogP contribution is 2.34. The lowest BCUT2D eigenvalue weighted by molar-refractivity contribution is -0.145. The normalized spacial score (nSPS) is 15.7. The van der Waals surface area contributed by atoms with E-state index in [0.717, 1.165) is 0 Å². The van der Waals surface area contributed by atoms with Gasteiger partial charge in [-0.25, -0.2) is 4.79 Å². The van der Waals surface area contributed by atoms with Gasteiger partial charge in [-0.05, 0) is 19.1 Å². The largest absolute Gasteiger partial charge is 0.481 e. The van der Waals surface area contributed by atoms with E-state index in [1.165, 1.54) is 16.7 Å². The number of ether oxygens (including phenoxy) is 2. The maximum atomic E-state index is 12.4. The van der Waals surface area contributed by atoms with Crippen molar-refractivity contribution in [3.8, 4) is 5.75 Å². The minimum Gasteiger partial charge on any atom is -0.481 e. The van der Waals surface area contributed by atoms with E-state index in [1.54, 1.807) is 37.3 Å². The molecular weight excluding hydrogens is 346 g/mol. The van der Waals surface area contributed by atoms with Gasteiger partial charge in [-0.15, -0.1) is 6.58 Å². The molecule has 0 aliphatic carbocycles. The fourth-order valence-electron chi connectivity index (χ4n) is 2.00. The molecule has 0 N–H and O–H groups in total. The van der Waals surface area contributed by atoms with E-state index in [-0.39, 0.29) is 12.5 Å². The van der Waals surface area contributed by atoms with Crippen LogP contribution in [0, 0.1) is 0 Å². The van der Waals surface area contributed by atoms with Crippen molar-refractivity contribution in [1.29, 1.82) is 0 Å². The first-order valence-electron chi connectivity index (χ1n) is 7.30. The fourth-order valence-corrected chi connectivity index (χ4v) is 3.26. The Balaban J connectivity index is 2.18. The number of amides is 1. The topological polar surface area (TPSA) is 55.8 Å². The summed E-state index contributed by atoms with van der Waals surface area (Å²) in [7, 11) is 0. The zero-order chi connectivity index (χ0) is 17.5. The van der Waals surface area contributed by atoms with Crippen LogP contribution in [0.2, 0.25) is 0 Å². The number of esters is 1. The lowest BCUT2D eigenvalue weighted by atomic mass is 10.2. The average molecular weight is 363 g/mol. The Morgan fingerprint density at radius 2 is 2.17 bits per heavy atom. The van der Waals surface area contributed by atoms with Crippen LogP contribution in [0.5, 0.6) is 5.75 Å². The number of thioether (sulfide) groups is 1. The lowest BCUT2D eigenvalue weighted by Gasteiger charge is -2.10. The van der Waals surface area contributed by atoms with Gasteiger partial charge in [0, 0.05) is 12.1 Å². The van der Waals surface area contributed by atoms with E-state index in [2.05, 4.69) is 6.58 Å². The summed E-state index contributed by atoms with van der Waals surface area (Å²) in [5.41, 5.74) is 0.695. The summed E-state index contributed by atoms with van der Waals surface area (Å²) in [6.45, 7) is 5.85. The van der Waals surface area contributed by atoms with E-state index in [4.69, 9.17) is 21.7 Å². The minimum absolute atomic E-state index is 0.162. The molecule has 1 amide bonds. The number of carbonyl (C=O) groups is 2. The van der Waals surface area contributed by atoms with Gasteiger partial charge in [0.1, 0.15) is 10.1 Å². The Kier molecular flexibility index (Phi) is 6.57. The summed E-state index contributed by atoms with van der Waals surface area (Å²) >= 11 is 6.44. The van der Waals surface area contributed by atoms with Crippen molar-refractivity contribution < 1.29 is 19.1 Å². The molecule has 0 aromatic heterocycles. The molecule has 0 bridgehead atoms. The third-order valence-corrected chi connectivity index (χ3v) is 4.42. The van der Waals surface area contributed by atoms with Crippen LogP contribution in [0.1, 0.15) is 12.5 Å². The molecule has 0 radical (unpaired) electrons. The van der Waals surface area contributed by atoms with Gasteiger partial charge in [-0.3, -0.25) is 9.69 Å². The van der Waals surface area contributed by atoms with E-state index in [9.17, 15) is 9.59 Å². The van der Waals surface area contributed by atoms with Crippen molar-refractivity contribution in [2.75, 3.05) is 19.8 Å². The van der Waals surface area contributed by atoms with Gasteiger partial charge in [-0.1, -0.05) is 48.3 Å². The molecule has 24 heavy (non-hydrogen) atoms. The highest BCUT2D eigenvalue weighted by atomic mass is 32.2. The van der Waals surface area contributed by atoms with Crippen LogP contribution in [0.3, 0.4) is 0 Å². The molecule has 1 aromatic carbocycles. The highest BCUT2D eigenvalue weighted by molar-refractivity contribution is 8.26. The fraction of sp³-hybridized carbons (Fsp3) is 0.235. The second kappa shape index (κ2) is 8.65. The van der Waals surface area contributed by atoms with Gasteiger partial charge in [0.2, 0.25) is 0 Å². The van der Waals surface area contributed by atoms with Crippen molar-refractivity contribution in [3.63, 3.8) is 0 Å². The molecule has 1 saturated heterocycles. The lowest BCUT2D eigenvalue weighted by Crippen LogP contribution is -2.27. The predicted molar refractivity (Wildman–Crippen MR) is 98.6 cm³/mol. The quantitative estimate of drug-likeness (QED) is 0.321. The van der Waals surface area contributed by atoms with Gasteiger partial charge in [0.25, 0.3) is 5.91 Å². The molecule has 2 rings (SSSR count). The maximum absolute atomic E-state index is 12.4. The molecular formula is C17H17NO4S2. The summed E-state index contributed by atoms with van der Waals surface area (Å²) < 4.78 is 10.8. The summed E-state index contributed by atoms with van der Waals surface area (Å²) in [5, 5.41) is 0. The Hall–Kier alpha value is -2.12. The number of carbonyl (C=O) groups excluding carboxylic acids is 2. The Morgan fingerprint density at radius 3 is 2.88 bits per heavy atom. The summed E-state index contributed by atoms with van der Waals surface area (Å²) in [5.74, 6) is -0.103. The highest BCUT2D eigenvalue weighted by Gasteiger charge is 2.31. The Bertz CT molecular complexity index is 700. The van der Waals surface area contributed by atoms with E-state index in [0.29, 0.717) is 33.7 Å². The van der Waals surface area contributed by atoms with Crippen LogP contribution in [-0.4, -0.2) is 40.9 Å². The summed E-state index contributed by atoms with van der Waals surface area (Å²) in [6, 6.07) is 7.16. The number of nitrogens with zero attached hydrogens (tertiary/aromatic N) is 1. The molecule has 1 aromatic rings. The van der Waals surface area contributed by atoms with Crippen molar-refractivity contribution in [2.24, 2.45) is 0 Å². The smallest absolute Gasteiger partial charge is 0.344 e. The molecule has 1 aliphatic rings. The molecule has 0 saturated carbocycles. The standard InChI is InChI=1S/C17H17NO4S2/c1-3-9-18-16(20)14(24-17(18)23)10-12-7-5-6-8-13(12)22-11-15(19)21-4-2/h3,5-8,10H,1,4,9,11H2,2H3. The maximum Gasteiger partial charge on any atom is 0.344 e. The molecule has 0 unspecified atom stereocenters. The predicted octanol–water partition coefficient (Wildman–Crippen LogP) is 3.02. The molecule has 1 heterocycles. The summed E-state index contributed by atoms with van der Waals surface area (Å²) in [4.78, 5) is 25.8. The van der Waals surface area contributed by atoms with Gasteiger partial charge >= 0.3 is 5.97 Å². The molecule has 126 valence electrons. The number of rotatable bonds is 7. The van der Waals surface area contributed by atoms with Crippen molar-refractivity contribution in [1.82, 2.24) is 4.90 Å².